The minimum Gasteiger partial charge on any atom is -0.483 e. The third-order valence-electron chi connectivity index (χ3n) is 2.71. The Labute approximate surface area is 164 Å². The second-order valence-corrected chi connectivity index (χ2v) is 6.10. The lowest BCUT2D eigenvalue weighted by Gasteiger charge is -2.11. The number of nitrogens with one attached hydrogen (secondary N) is 3. The van der Waals surface area contributed by atoms with E-state index in [1.54, 1.807) is 19.1 Å². The molecule has 0 saturated heterocycles. The topological polar surface area (TPSA) is 106 Å². The number of carbonyl (C=O) groups excluding carboxylic acids is 3. The lowest BCUT2D eigenvalue weighted by molar-refractivity contribution is -0.137. The summed E-state index contributed by atoms with van der Waals surface area (Å²) in [4.78, 5) is 34.3. The van der Waals surface area contributed by atoms with Gasteiger partial charge in [0.2, 0.25) is 5.91 Å². The minimum atomic E-state index is -0.647. The highest BCUT2D eigenvalue weighted by Crippen LogP contribution is 2.21. The van der Waals surface area contributed by atoms with Crippen molar-refractivity contribution in [3.05, 3.63) is 40.4 Å². The van der Waals surface area contributed by atoms with Gasteiger partial charge in [0.25, 0.3) is 5.91 Å². The SMILES string of the molecule is CCOC(=O)C=CC(=O)NC(=S)NNC(=O)COc1ccc(Br)cc1C. The van der Waals surface area contributed by atoms with Crippen molar-refractivity contribution in [1.82, 2.24) is 16.2 Å². The Hall–Kier alpha value is -2.46. The molecule has 8 nitrogen and oxygen atoms in total. The van der Waals surface area contributed by atoms with Crippen molar-refractivity contribution in [2.75, 3.05) is 13.2 Å². The summed E-state index contributed by atoms with van der Waals surface area (Å²) in [5.41, 5.74) is 5.50. The van der Waals surface area contributed by atoms with Gasteiger partial charge in [-0.25, -0.2) is 4.79 Å². The molecule has 1 aromatic rings. The van der Waals surface area contributed by atoms with Crippen LogP contribution in [0.15, 0.2) is 34.8 Å². The summed E-state index contributed by atoms with van der Waals surface area (Å²) in [7, 11) is 0. The summed E-state index contributed by atoms with van der Waals surface area (Å²) >= 11 is 8.18. The van der Waals surface area contributed by atoms with E-state index < -0.39 is 17.8 Å². The number of hydrogen-bond acceptors (Lipinski definition) is 6. The predicted molar refractivity (Wildman–Crippen MR) is 102 cm³/mol. The molecule has 0 aromatic heterocycles. The maximum absolute atomic E-state index is 11.7. The van der Waals surface area contributed by atoms with Crippen molar-refractivity contribution in [3.63, 3.8) is 0 Å². The molecule has 0 unspecified atom stereocenters. The first kappa shape index (κ1) is 21.6. The molecule has 26 heavy (non-hydrogen) atoms. The fraction of sp³-hybridized carbons (Fsp3) is 0.250. The average Bonchev–Trinajstić information content (AvgIpc) is 2.57. The van der Waals surface area contributed by atoms with E-state index in [0.29, 0.717) is 5.75 Å². The number of esters is 1. The van der Waals surface area contributed by atoms with Crippen LogP contribution >= 0.6 is 28.1 Å². The van der Waals surface area contributed by atoms with Crippen LogP contribution in [0.5, 0.6) is 5.75 Å². The molecule has 140 valence electrons. The highest BCUT2D eigenvalue weighted by molar-refractivity contribution is 9.10. The number of carbonyl (C=O) groups is 3. The number of rotatable bonds is 6. The number of thiocarbonyl (C=S) groups is 1. The van der Waals surface area contributed by atoms with Gasteiger partial charge < -0.3 is 9.47 Å². The quantitative estimate of drug-likeness (QED) is 0.263. The van der Waals surface area contributed by atoms with E-state index in [2.05, 4.69) is 36.8 Å². The number of amides is 2. The standard InChI is InChI=1S/C16H18BrN3O5S/c1-3-24-15(23)7-6-13(21)18-16(26)20-19-14(22)9-25-12-5-4-11(17)8-10(12)2/h4-8H,3,9H2,1-2H3,(H,19,22)(H2,18,20,21,26). The van der Waals surface area contributed by atoms with Gasteiger partial charge in [-0.15, -0.1) is 0 Å². The molecule has 2 amide bonds. The van der Waals surface area contributed by atoms with E-state index in [1.807, 2.05) is 13.0 Å². The highest BCUT2D eigenvalue weighted by Gasteiger charge is 2.07. The Bertz CT molecular complexity index is 724. The molecule has 0 saturated carbocycles. The summed E-state index contributed by atoms with van der Waals surface area (Å²) in [5.74, 6) is -1.21. The molecule has 0 atom stereocenters. The Balaban J connectivity index is 2.32. The maximum atomic E-state index is 11.7. The molecule has 0 heterocycles. The van der Waals surface area contributed by atoms with Gasteiger partial charge in [-0.1, -0.05) is 15.9 Å². The number of ether oxygens (including phenoxy) is 2. The third-order valence-corrected chi connectivity index (χ3v) is 3.40. The molecule has 0 radical (unpaired) electrons. The molecule has 3 N–H and O–H groups in total. The molecule has 0 fully saturated rings. The van der Waals surface area contributed by atoms with Crippen LogP contribution in [0.3, 0.4) is 0 Å². The minimum absolute atomic E-state index is 0.142. The molecule has 0 aliphatic rings. The average molecular weight is 444 g/mol. The van der Waals surface area contributed by atoms with Crippen LogP contribution in [0.25, 0.3) is 0 Å². The summed E-state index contributed by atoms with van der Waals surface area (Å²) in [6, 6.07) is 5.40. The van der Waals surface area contributed by atoms with Crippen LogP contribution in [0.2, 0.25) is 0 Å². The second-order valence-electron chi connectivity index (χ2n) is 4.78. The summed E-state index contributed by atoms with van der Waals surface area (Å²) in [6.45, 7) is 3.47. The lowest BCUT2D eigenvalue weighted by Crippen LogP contribution is -2.49. The molecule has 1 rings (SSSR count). The molecule has 0 aliphatic carbocycles. The zero-order valence-corrected chi connectivity index (χ0v) is 16.5. The number of aryl methyl sites for hydroxylation is 1. The van der Waals surface area contributed by atoms with Crippen molar-refractivity contribution in [2.24, 2.45) is 0 Å². The van der Waals surface area contributed by atoms with Gasteiger partial charge in [-0.2, -0.15) is 0 Å². The van der Waals surface area contributed by atoms with Gasteiger partial charge in [0.15, 0.2) is 11.7 Å². The molecule has 1 aromatic carbocycles. The van der Waals surface area contributed by atoms with Gasteiger partial charge in [0.05, 0.1) is 6.61 Å². The number of benzene rings is 1. The molecule has 0 bridgehead atoms. The van der Waals surface area contributed by atoms with Crippen molar-refractivity contribution in [3.8, 4) is 5.75 Å². The first-order valence-corrected chi connectivity index (χ1v) is 8.65. The van der Waals surface area contributed by atoms with Gasteiger partial charge in [-0.05, 0) is 49.8 Å². The smallest absolute Gasteiger partial charge is 0.330 e. The first-order chi connectivity index (χ1) is 12.3. The zero-order valence-electron chi connectivity index (χ0n) is 14.1. The van der Waals surface area contributed by atoms with Crippen LogP contribution in [0.1, 0.15) is 12.5 Å². The van der Waals surface area contributed by atoms with Crippen molar-refractivity contribution in [2.45, 2.75) is 13.8 Å². The monoisotopic (exact) mass is 443 g/mol. The molecular formula is C16H18BrN3O5S. The van der Waals surface area contributed by atoms with Crippen LogP contribution in [0.4, 0.5) is 0 Å². The van der Waals surface area contributed by atoms with Gasteiger partial charge in [0.1, 0.15) is 5.75 Å². The molecule has 0 spiro atoms. The molecule has 10 heteroatoms. The summed E-state index contributed by atoms with van der Waals surface area (Å²) < 4.78 is 10.9. The number of hydrazine groups is 1. The van der Waals surface area contributed by atoms with E-state index >= 15 is 0 Å². The highest BCUT2D eigenvalue weighted by atomic mass is 79.9. The largest absolute Gasteiger partial charge is 0.483 e. The Morgan fingerprint density at radius 3 is 2.62 bits per heavy atom. The number of hydrogen-bond donors (Lipinski definition) is 3. The predicted octanol–water partition coefficient (Wildman–Crippen LogP) is 1.28. The van der Waals surface area contributed by atoms with E-state index in [-0.39, 0.29) is 18.3 Å². The number of halogens is 1. The first-order valence-electron chi connectivity index (χ1n) is 7.45. The van der Waals surface area contributed by atoms with Gasteiger partial charge in [-0.3, -0.25) is 25.8 Å². The summed E-state index contributed by atoms with van der Waals surface area (Å²) in [6.07, 6.45) is 1.93. The van der Waals surface area contributed by atoms with Gasteiger partial charge >= 0.3 is 5.97 Å². The summed E-state index contributed by atoms with van der Waals surface area (Å²) in [5, 5.41) is 2.11. The van der Waals surface area contributed by atoms with E-state index in [9.17, 15) is 14.4 Å². The van der Waals surface area contributed by atoms with E-state index in [1.165, 1.54) is 0 Å². The van der Waals surface area contributed by atoms with E-state index in [0.717, 1.165) is 22.2 Å². The lowest BCUT2D eigenvalue weighted by atomic mass is 10.2. The third kappa shape index (κ3) is 8.58. The maximum Gasteiger partial charge on any atom is 0.330 e. The molecular weight excluding hydrogens is 426 g/mol. The van der Waals surface area contributed by atoms with Crippen molar-refractivity contribution >= 4 is 51.0 Å². The van der Waals surface area contributed by atoms with Crippen molar-refractivity contribution in [1.29, 1.82) is 0 Å². The Morgan fingerprint density at radius 1 is 1.23 bits per heavy atom. The zero-order chi connectivity index (χ0) is 19.5. The van der Waals surface area contributed by atoms with Gasteiger partial charge in [0, 0.05) is 16.6 Å². The van der Waals surface area contributed by atoms with Crippen LogP contribution in [0, 0.1) is 6.92 Å². The molecule has 0 aliphatic heterocycles. The second kappa shape index (κ2) is 11.2. The fourth-order valence-corrected chi connectivity index (χ4v) is 2.23. The Morgan fingerprint density at radius 2 is 1.96 bits per heavy atom. The van der Waals surface area contributed by atoms with Crippen LogP contribution in [-0.2, 0) is 19.1 Å². The van der Waals surface area contributed by atoms with E-state index in [4.69, 9.17) is 17.0 Å². The fourth-order valence-electron chi connectivity index (χ4n) is 1.60. The van der Waals surface area contributed by atoms with Crippen LogP contribution < -0.4 is 20.9 Å². The van der Waals surface area contributed by atoms with Crippen LogP contribution in [-0.4, -0.2) is 36.1 Å². The normalized spacial score (nSPS) is 10.1. The Kier molecular flexibility index (Phi) is 9.31. The van der Waals surface area contributed by atoms with Crippen molar-refractivity contribution < 1.29 is 23.9 Å².